The molecule has 1 fully saturated rings. The SMILES string of the molecule is CCN(CC)c1onc(-c2ccccc2)c1CN(C(=O)C(C)C)C1CC1. The van der Waals surface area contributed by atoms with Crippen molar-refractivity contribution in [1.29, 1.82) is 0 Å². The van der Waals surface area contributed by atoms with Crippen molar-refractivity contribution in [2.75, 3.05) is 18.0 Å². The molecule has 1 aromatic heterocycles. The van der Waals surface area contributed by atoms with E-state index in [2.05, 4.69) is 23.9 Å². The van der Waals surface area contributed by atoms with Gasteiger partial charge in [0.25, 0.3) is 0 Å². The number of rotatable bonds is 8. The molecule has 1 amide bonds. The van der Waals surface area contributed by atoms with Gasteiger partial charge >= 0.3 is 0 Å². The fourth-order valence-electron chi connectivity index (χ4n) is 3.30. The summed E-state index contributed by atoms with van der Waals surface area (Å²) in [5.41, 5.74) is 2.88. The Hall–Kier alpha value is -2.30. The zero-order valence-electron chi connectivity index (χ0n) is 16.2. The molecule has 1 heterocycles. The lowest BCUT2D eigenvalue weighted by atomic mass is 10.1. The van der Waals surface area contributed by atoms with Crippen LogP contribution < -0.4 is 4.90 Å². The number of benzene rings is 1. The highest BCUT2D eigenvalue weighted by Gasteiger charge is 2.35. The molecule has 0 saturated heterocycles. The van der Waals surface area contributed by atoms with Gasteiger partial charge in [-0.1, -0.05) is 49.3 Å². The lowest BCUT2D eigenvalue weighted by molar-refractivity contribution is -0.135. The fourth-order valence-corrected chi connectivity index (χ4v) is 3.30. The number of hydrogen-bond acceptors (Lipinski definition) is 4. The highest BCUT2D eigenvalue weighted by molar-refractivity contribution is 5.79. The van der Waals surface area contributed by atoms with E-state index >= 15 is 0 Å². The Balaban J connectivity index is 2.01. The molecule has 1 aromatic carbocycles. The number of aromatic nitrogens is 1. The summed E-state index contributed by atoms with van der Waals surface area (Å²) in [5.74, 6) is 0.988. The Labute approximate surface area is 156 Å². The summed E-state index contributed by atoms with van der Waals surface area (Å²) in [6, 6.07) is 10.4. The fraction of sp³-hybridized carbons (Fsp3) is 0.524. The molecule has 1 aliphatic rings. The Bertz CT molecular complexity index is 731. The van der Waals surface area contributed by atoms with Gasteiger partial charge in [0.15, 0.2) is 0 Å². The van der Waals surface area contributed by atoms with E-state index in [9.17, 15) is 4.79 Å². The molecule has 0 radical (unpaired) electrons. The van der Waals surface area contributed by atoms with Crippen LogP contribution in [0.15, 0.2) is 34.9 Å². The Kier molecular flexibility index (Phi) is 5.64. The average Bonchev–Trinajstić information content (AvgIpc) is 3.42. The van der Waals surface area contributed by atoms with E-state index in [0.29, 0.717) is 12.6 Å². The molecule has 0 aliphatic heterocycles. The van der Waals surface area contributed by atoms with E-state index in [4.69, 9.17) is 4.52 Å². The lowest BCUT2D eigenvalue weighted by Gasteiger charge is -2.26. The van der Waals surface area contributed by atoms with Gasteiger partial charge in [0.05, 0.1) is 12.1 Å². The number of carbonyl (C=O) groups excluding carboxylic acids is 1. The second kappa shape index (κ2) is 7.94. The first-order chi connectivity index (χ1) is 12.6. The van der Waals surface area contributed by atoms with Gasteiger partial charge in [0.1, 0.15) is 5.69 Å². The predicted octanol–water partition coefficient (Wildman–Crippen LogP) is 4.33. The quantitative estimate of drug-likeness (QED) is 0.707. The van der Waals surface area contributed by atoms with Gasteiger partial charge < -0.3 is 14.3 Å². The zero-order valence-corrected chi connectivity index (χ0v) is 16.2. The van der Waals surface area contributed by atoms with Gasteiger partial charge in [-0.25, -0.2) is 0 Å². The van der Waals surface area contributed by atoms with Crippen molar-refractivity contribution in [3.8, 4) is 11.3 Å². The van der Waals surface area contributed by atoms with Crippen molar-refractivity contribution in [1.82, 2.24) is 10.1 Å². The van der Waals surface area contributed by atoms with Crippen molar-refractivity contribution in [3.05, 3.63) is 35.9 Å². The van der Waals surface area contributed by atoms with Crippen LogP contribution in [0.5, 0.6) is 0 Å². The maximum Gasteiger partial charge on any atom is 0.232 e. The molecular formula is C21H29N3O2. The molecule has 0 bridgehead atoms. The van der Waals surface area contributed by atoms with Crippen LogP contribution in [0.25, 0.3) is 11.3 Å². The molecule has 3 rings (SSSR count). The molecule has 26 heavy (non-hydrogen) atoms. The van der Waals surface area contributed by atoms with Crippen molar-refractivity contribution < 1.29 is 9.32 Å². The number of hydrogen-bond donors (Lipinski definition) is 0. The molecule has 5 heteroatoms. The van der Waals surface area contributed by atoms with E-state index in [1.165, 1.54) is 0 Å². The molecule has 1 aliphatic carbocycles. The molecule has 2 aromatic rings. The predicted molar refractivity (Wildman–Crippen MR) is 104 cm³/mol. The van der Waals surface area contributed by atoms with Crippen molar-refractivity contribution in [2.45, 2.75) is 53.1 Å². The third kappa shape index (κ3) is 3.76. The average molecular weight is 355 g/mol. The van der Waals surface area contributed by atoms with Crippen LogP contribution in [-0.2, 0) is 11.3 Å². The van der Waals surface area contributed by atoms with Crippen LogP contribution >= 0.6 is 0 Å². The third-order valence-corrected chi connectivity index (χ3v) is 4.96. The lowest BCUT2D eigenvalue weighted by Crippen LogP contribution is -2.36. The first-order valence-electron chi connectivity index (χ1n) is 9.66. The largest absolute Gasteiger partial charge is 0.341 e. The van der Waals surface area contributed by atoms with E-state index in [0.717, 1.165) is 48.6 Å². The summed E-state index contributed by atoms with van der Waals surface area (Å²) in [6.07, 6.45) is 2.18. The van der Waals surface area contributed by atoms with Crippen LogP contribution in [0.3, 0.4) is 0 Å². The van der Waals surface area contributed by atoms with Gasteiger partial charge in [0, 0.05) is 30.6 Å². The minimum atomic E-state index is -0.00691. The van der Waals surface area contributed by atoms with Gasteiger partial charge in [-0.2, -0.15) is 0 Å². The number of amides is 1. The topological polar surface area (TPSA) is 49.6 Å². The summed E-state index contributed by atoms with van der Waals surface area (Å²) in [7, 11) is 0. The Morgan fingerprint density at radius 3 is 2.38 bits per heavy atom. The van der Waals surface area contributed by atoms with E-state index in [1.807, 2.05) is 49.1 Å². The van der Waals surface area contributed by atoms with Crippen molar-refractivity contribution >= 4 is 11.8 Å². The highest BCUT2D eigenvalue weighted by atomic mass is 16.5. The molecule has 1 saturated carbocycles. The van der Waals surface area contributed by atoms with Gasteiger partial charge in [-0.15, -0.1) is 0 Å². The molecule has 0 unspecified atom stereocenters. The Morgan fingerprint density at radius 1 is 1.19 bits per heavy atom. The zero-order chi connectivity index (χ0) is 18.7. The number of carbonyl (C=O) groups is 1. The van der Waals surface area contributed by atoms with Gasteiger partial charge in [-0.3, -0.25) is 4.79 Å². The second-order valence-corrected chi connectivity index (χ2v) is 7.21. The summed E-state index contributed by atoms with van der Waals surface area (Å²) in [4.78, 5) is 17.0. The maximum absolute atomic E-state index is 12.8. The van der Waals surface area contributed by atoms with Crippen LogP contribution in [-0.4, -0.2) is 35.1 Å². The monoisotopic (exact) mass is 355 g/mol. The third-order valence-electron chi connectivity index (χ3n) is 4.96. The molecule has 5 nitrogen and oxygen atoms in total. The van der Waals surface area contributed by atoms with Crippen LogP contribution in [0.1, 0.15) is 46.1 Å². The van der Waals surface area contributed by atoms with Crippen LogP contribution in [0.2, 0.25) is 0 Å². The molecule has 140 valence electrons. The molecular weight excluding hydrogens is 326 g/mol. The van der Waals surface area contributed by atoms with E-state index < -0.39 is 0 Å². The van der Waals surface area contributed by atoms with E-state index in [1.54, 1.807) is 0 Å². The summed E-state index contributed by atoms with van der Waals surface area (Å²) in [5, 5.41) is 4.39. The van der Waals surface area contributed by atoms with Crippen LogP contribution in [0.4, 0.5) is 5.88 Å². The number of nitrogens with zero attached hydrogens (tertiary/aromatic N) is 3. The summed E-state index contributed by atoms with van der Waals surface area (Å²) < 4.78 is 5.77. The van der Waals surface area contributed by atoms with E-state index in [-0.39, 0.29) is 11.8 Å². The minimum Gasteiger partial charge on any atom is -0.341 e. The van der Waals surface area contributed by atoms with Crippen LogP contribution in [0, 0.1) is 5.92 Å². The standard InChI is InChI=1S/C21H29N3O2/c1-5-23(6-2)21-18(14-24(17-12-13-17)20(25)15(3)4)19(22-26-21)16-10-8-7-9-11-16/h7-11,15,17H,5-6,12-14H2,1-4H3. The molecule has 0 spiro atoms. The number of anilines is 1. The van der Waals surface area contributed by atoms with Crippen molar-refractivity contribution in [2.24, 2.45) is 5.92 Å². The summed E-state index contributed by atoms with van der Waals surface area (Å²) in [6.45, 7) is 10.4. The van der Waals surface area contributed by atoms with Crippen molar-refractivity contribution in [3.63, 3.8) is 0 Å². The first-order valence-corrected chi connectivity index (χ1v) is 9.66. The van der Waals surface area contributed by atoms with Gasteiger partial charge in [0.2, 0.25) is 11.8 Å². The second-order valence-electron chi connectivity index (χ2n) is 7.21. The highest BCUT2D eigenvalue weighted by Crippen LogP contribution is 2.36. The molecule has 0 N–H and O–H groups in total. The summed E-state index contributed by atoms with van der Waals surface area (Å²) >= 11 is 0. The maximum atomic E-state index is 12.8. The molecule has 0 atom stereocenters. The normalized spacial score (nSPS) is 13.9. The minimum absolute atomic E-state index is 0.00691. The first kappa shape index (κ1) is 18.5. The smallest absolute Gasteiger partial charge is 0.232 e. The Morgan fingerprint density at radius 2 is 1.85 bits per heavy atom. The van der Waals surface area contributed by atoms with Gasteiger partial charge in [-0.05, 0) is 26.7 Å².